The van der Waals surface area contributed by atoms with Crippen molar-refractivity contribution in [3.8, 4) is 0 Å². The lowest BCUT2D eigenvalue weighted by Crippen LogP contribution is -2.46. The van der Waals surface area contributed by atoms with E-state index in [0.29, 0.717) is 5.56 Å². The SMILES string of the molecule is COCC(=O)N(c1c(C)cccc1C(=O)O)C(C)C(=O)OC. The smallest absolute Gasteiger partial charge is 0.337 e. The summed E-state index contributed by atoms with van der Waals surface area (Å²) in [6.07, 6.45) is 0. The number of carbonyl (C=O) groups is 3. The van der Waals surface area contributed by atoms with E-state index in [1.54, 1.807) is 19.1 Å². The Morgan fingerprint density at radius 2 is 1.91 bits per heavy atom. The highest BCUT2D eigenvalue weighted by Gasteiger charge is 2.31. The van der Waals surface area contributed by atoms with Gasteiger partial charge in [0.1, 0.15) is 12.6 Å². The lowest BCUT2D eigenvalue weighted by molar-refractivity contribution is -0.143. The molecule has 22 heavy (non-hydrogen) atoms. The van der Waals surface area contributed by atoms with E-state index in [-0.39, 0.29) is 17.9 Å². The van der Waals surface area contributed by atoms with Crippen molar-refractivity contribution in [1.29, 1.82) is 0 Å². The van der Waals surface area contributed by atoms with E-state index in [1.807, 2.05) is 0 Å². The van der Waals surface area contributed by atoms with E-state index < -0.39 is 23.9 Å². The van der Waals surface area contributed by atoms with Crippen LogP contribution in [-0.4, -0.2) is 49.8 Å². The molecule has 1 aromatic rings. The maximum atomic E-state index is 12.3. The Hall–Kier alpha value is -2.41. The number of anilines is 1. The second kappa shape index (κ2) is 7.56. The van der Waals surface area contributed by atoms with Crippen LogP contribution in [-0.2, 0) is 19.1 Å². The van der Waals surface area contributed by atoms with Crippen molar-refractivity contribution in [2.24, 2.45) is 0 Å². The molecular weight excluding hydrogens is 290 g/mol. The van der Waals surface area contributed by atoms with E-state index in [2.05, 4.69) is 4.74 Å². The molecule has 1 unspecified atom stereocenters. The van der Waals surface area contributed by atoms with Gasteiger partial charge in [-0.1, -0.05) is 12.1 Å². The Morgan fingerprint density at radius 3 is 2.41 bits per heavy atom. The van der Waals surface area contributed by atoms with E-state index in [0.717, 1.165) is 4.90 Å². The van der Waals surface area contributed by atoms with E-state index in [9.17, 15) is 19.5 Å². The van der Waals surface area contributed by atoms with Crippen molar-refractivity contribution in [2.75, 3.05) is 25.7 Å². The number of aromatic carboxylic acids is 1. The summed E-state index contributed by atoms with van der Waals surface area (Å²) in [6, 6.07) is 3.64. The van der Waals surface area contributed by atoms with Crippen LogP contribution in [0.25, 0.3) is 0 Å². The molecule has 0 heterocycles. The molecular formula is C15H19NO6. The second-order valence-corrected chi connectivity index (χ2v) is 4.67. The summed E-state index contributed by atoms with van der Waals surface area (Å²) in [5.74, 6) is -2.37. The summed E-state index contributed by atoms with van der Waals surface area (Å²) in [6.45, 7) is 2.85. The van der Waals surface area contributed by atoms with Crippen molar-refractivity contribution >= 4 is 23.5 Å². The fraction of sp³-hybridized carbons (Fsp3) is 0.400. The maximum absolute atomic E-state index is 12.3. The van der Waals surface area contributed by atoms with Gasteiger partial charge in [0.05, 0.1) is 18.4 Å². The van der Waals surface area contributed by atoms with Gasteiger partial charge in [-0.15, -0.1) is 0 Å². The number of ether oxygens (including phenoxy) is 2. The van der Waals surface area contributed by atoms with Crippen LogP contribution in [0.3, 0.4) is 0 Å². The zero-order chi connectivity index (χ0) is 16.9. The first-order valence-corrected chi connectivity index (χ1v) is 6.56. The predicted octanol–water partition coefficient (Wildman–Crippen LogP) is 1.23. The highest BCUT2D eigenvalue weighted by molar-refractivity contribution is 6.06. The number of methoxy groups -OCH3 is 2. The Labute approximate surface area is 128 Å². The predicted molar refractivity (Wildman–Crippen MR) is 79.0 cm³/mol. The van der Waals surface area contributed by atoms with Crippen molar-refractivity contribution in [1.82, 2.24) is 0 Å². The Bertz CT molecular complexity index is 583. The van der Waals surface area contributed by atoms with Gasteiger partial charge in [-0.05, 0) is 25.5 Å². The largest absolute Gasteiger partial charge is 0.478 e. The first-order chi connectivity index (χ1) is 10.3. The Kier molecular flexibility index (Phi) is 6.06. The molecule has 0 radical (unpaired) electrons. The third kappa shape index (κ3) is 3.62. The molecule has 0 aliphatic rings. The van der Waals surface area contributed by atoms with Gasteiger partial charge in [-0.3, -0.25) is 9.69 Å². The van der Waals surface area contributed by atoms with Crippen molar-refractivity contribution < 1.29 is 29.0 Å². The van der Waals surface area contributed by atoms with Crippen LogP contribution in [0, 0.1) is 6.92 Å². The van der Waals surface area contributed by atoms with Gasteiger partial charge < -0.3 is 14.6 Å². The molecule has 0 spiro atoms. The van der Waals surface area contributed by atoms with Crippen LogP contribution < -0.4 is 4.90 Å². The number of benzene rings is 1. The van der Waals surface area contributed by atoms with Crippen LogP contribution >= 0.6 is 0 Å². The molecule has 0 aliphatic heterocycles. The zero-order valence-electron chi connectivity index (χ0n) is 13.0. The van der Waals surface area contributed by atoms with Gasteiger partial charge in [-0.25, -0.2) is 9.59 Å². The molecule has 0 saturated heterocycles. The van der Waals surface area contributed by atoms with E-state index in [1.165, 1.54) is 27.2 Å². The number of nitrogens with zero attached hydrogens (tertiary/aromatic N) is 1. The molecule has 120 valence electrons. The van der Waals surface area contributed by atoms with Gasteiger partial charge in [0.2, 0.25) is 0 Å². The number of esters is 1. The first kappa shape index (κ1) is 17.6. The number of para-hydroxylation sites is 1. The van der Waals surface area contributed by atoms with Crippen LogP contribution in [0.15, 0.2) is 18.2 Å². The summed E-state index contributed by atoms with van der Waals surface area (Å²) in [4.78, 5) is 36.7. The molecule has 1 rings (SSSR count). The monoisotopic (exact) mass is 309 g/mol. The van der Waals surface area contributed by atoms with Crippen molar-refractivity contribution in [3.05, 3.63) is 29.3 Å². The summed E-state index contributed by atoms with van der Waals surface area (Å²) >= 11 is 0. The van der Waals surface area contributed by atoms with Gasteiger partial charge >= 0.3 is 11.9 Å². The van der Waals surface area contributed by atoms with Gasteiger partial charge in [0, 0.05) is 7.11 Å². The highest BCUT2D eigenvalue weighted by Crippen LogP contribution is 2.28. The first-order valence-electron chi connectivity index (χ1n) is 6.56. The van der Waals surface area contributed by atoms with E-state index in [4.69, 9.17) is 4.74 Å². The summed E-state index contributed by atoms with van der Waals surface area (Å²) < 4.78 is 9.48. The quantitative estimate of drug-likeness (QED) is 0.795. The number of aryl methyl sites for hydroxylation is 1. The molecule has 7 heteroatoms. The number of amides is 1. The fourth-order valence-electron chi connectivity index (χ4n) is 2.15. The van der Waals surface area contributed by atoms with Gasteiger partial charge in [0.15, 0.2) is 0 Å². The standard InChI is InChI=1S/C15H19NO6/c1-9-6-5-7-11(14(18)19)13(9)16(12(17)8-21-3)10(2)15(20)22-4/h5-7,10H,8H2,1-4H3,(H,18,19). The number of hydrogen-bond acceptors (Lipinski definition) is 5. The minimum atomic E-state index is -1.19. The number of carboxylic acid groups (broad SMARTS) is 1. The van der Waals surface area contributed by atoms with Crippen molar-refractivity contribution in [2.45, 2.75) is 19.9 Å². The van der Waals surface area contributed by atoms with E-state index >= 15 is 0 Å². The van der Waals surface area contributed by atoms with Gasteiger partial charge in [-0.2, -0.15) is 0 Å². The number of hydrogen-bond donors (Lipinski definition) is 1. The van der Waals surface area contributed by atoms with Gasteiger partial charge in [0.25, 0.3) is 5.91 Å². The molecule has 1 atom stereocenters. The van der Waals surface area contributed by atoms with Crippen molar-refractivity contribution in [3.63, 3.8) is 0 Å². The highest BCUT2D eigenvalue weighted by atomic mass is 16.5. The van der Waals surface area contributed by atoms with Crippen LogP contribution in [0.2, 0.25) is 0 Å². The normalized spacial score (nSPS) is 11.6. The lowest BCUT2D eigenvalue weighted by atomic mass is 10.0. The molecule has 0 fully saturated rings. The zero-order valence-corrected chi connectivity index (χ0v) is 13.0. The molecule has 1 amide bonds. The molecule has 1 N–H and O–H groups in total. The topological polar surface area (TPSA) is 93.1 Å². The van der Waals surface area contributed by atoms with Crippen LogP contribution in [0.4, 0.5) is 5.69 Å². The molecule has 7 nitrogen and oxygen atoms in total. The molecule has 0 bridgehead atoms. The molecule has 0 aliphatic carbocycles. The number of carboxylic acids is 1. The molecule has 0 saturated carbocycles. The van der Waals surface area contributed by atoms with Crippen LogP contribution in [0.5, 0.6) is 0 Å². The minimum Gasteiger partial charge on any atom is -0.478 e. The Morgan fingerprint density at radius 1 is 1.27 bits per heavy atom. The Balaban J connectivity index is 3.48. The number of carbonyl (C=O) groups excluding carboxylic acids is 2. The average Bonchev–Trinajstić information content (AvgIpc) is 2.48. The average molecular weight is 309 g/mol. The third-order valence-corrected chi connectivity index (χ3v) is 3.18. The summed E-state index contributed by atoms with van der Waals surface area (Å²) in [5.41, 5.74) is 0.648. The fourth-order valence-corrected chi connectivity index (χ4v) is 2.15. The van der Waals surface area contributed by atoms with Crippen LogP contribution in [0.1, 0.15) is 22.8 Å². The minimum absolute atomic E-state index is 0.0693. The third-order valence-electron chi connectivity index (χ3n) is 3.18. The maximum Gasteiger partial charge on any atom is 0.337 e. The number of rotatable bonds is 6. The summed E-state index contributed by atoms with van der Waals surface area (Å²) in [7, 11) is 2.54. The molecule has 0 aromatic heterocycles. The lowest BCUT2D eigenvalue weighted by Gasteiger charge is -2.29. The molecule has 1 aromatic carbocycles. The summed E-state index contributed by atoms with van der Waals surface area (Å²) in [5, 5.41) is 9.34. The second-order valence-electron chi connectivity index (χ2n) is 4.67.